The van der Waals surface area contributed by atoms with E-state index >= 15 is 0 Å². The summed E-state index contributed by atoms with van der Waals surface area (Å²) in [5, 5.41) is 12.2. The number of hydrogen-bond acceptors (Lipinski definition) is 8. The number of amides is 1. The Morgan fingerprint density at radius 2 is 1.91 bits per heavy atom. The van der Waals surface area contributed by atoms with E-state index in [0.717, 1.165) is 45.3 Å². The van der Waals surface area contributed by atoms with E-state index in [1.807, 2.05) is 17.0 Å². The topological polar surface area (TPSA) is 98.5 Å². The quantitative estimate of drug-likeness (QED) is 0.191. The monoisotopic (exact) mass is 576 g/mol. The third kappa shape index (κ3) is 5.84. The molecule has 0 aliphatic carbocycles. The van der Waals surface area contributed by atoms with Crippen LogP contribution in [-0.4, -0.2) is 51.1 Å². The van der Waals surface area contributed by atoms with E-state index in [0.29, 0.717) is 19.0 Å². The molecule has 11 heteroatoms. The maximum atomic E-state index is 13.1. The van der Waals surface area contributed by atoms with Crippen molar-refractivity contribution < 1.29 is 14.5 Å². The van der Waals surface area contributed by atoms with Gasteiger partial charge in [0, 0.05) is 46.1 Å². The third-order valence-electron chi connectivity index (χ3n) is 5.94. The van der Waals surface area contributed by atoms with E-state index in [4.69, 9.17) is 9.72 Å². The summed E-state index contributed by atoms with van der Waals surface area (Å²) in [5.41, 5.74) is 2.00. The normalized spacial score (nSPS) is 15.1. The number of carbonyl (C=O) groups is 1. The van der Waals surface area contributed by atoms with Crippen molar-refractivity contribution in [3.63, 3.8) is 0 Å². The van der Waals surface area contributed by atoms with Gasteiger partial charge < -0.3 is 9.64 Å². The van der Waals surface area contributed by atoms with Gasteiger partial charge >= 0.3 is 5.69 Å². The number of aromatic nitrogens is 2. The summed E-state index contributed by atoms with van der Waals surface area (Å²) in [6.45, 7) is 5.13. The number of likely N-dealkylation sites (tertiary alicyclic amines) is 1. The Kier molecular flexibility index (Phi) is 8.08. The highest BCUT2D eigenvalue weighted by molar-refractivity contribution is 9.10. The zero-order valence-electron chi connectivity index (χ0n) is 19.6. The van der Waals surface area contributed by atoms with Crippen LogP contribution in [-0.2, 0) is 4.79 Å². The van der Waals surface area contributed by atoms with E-state index in [2.05, 4.69) is 40.0 Å². The van der Waals surface area contributed by atoms with Gasteiger partial charge in [-0.3, -0.25) is 14.9 Å². The number of aryl methyl sites for hydroxylation is 1. The Balaban J connectivity index is 1.39. The Labute approximate surface area is 220 Å². The number of rotatable bonds is 7. The molecule has 0 radical (unpaired) electrons. The number of nitro groups is 1. The average molecular weight is 578 g/mol. The molecule has 1 aliphatic heterocycles. The van der Waals surface area contributed by atoms with Crippen molar-refractivity contribution in [1.29, 1.82) is 0 Å². The highest BCUT2D eigenvalue weighted by Crippen LogP contribution is 2.37. The van der Waals surface area contributed by atoms with Crippen LogP contribution in [0.25, 0.3) is 11.3 Å². The van der Waals surface area contributed by atoms with Crippen molar-refractivity contribution in [2.24, 2.45) is 0 Å². The fraction of sp³-hybridized carbons (Fsp3) is 0.375. The molecule has 184 valence electrons. The van der Waals surface area contributed by atoms with Gasteiger partial charge in [0.2, 0.25) is 11.8 Å². The van der Waals surface area contributed by atoms with Gasteiger partial charge in [-0.25, -0.2) is 4.98 Å². The second-order valence-electron chi connectivity index (χ2n) is 8.26. The van der Waals surface area contributed by atoms with Crippen molar-refractivity contribution in [3.05, 3.63) is 60.9 Å². The number of pyridine rings is 1. The summed E-state index contributed by atoms with van der Waals surface area (Å²) < 4.78 is 6.13. The second-order valence-corrected chi connectivity index (χ2v) is 11.7. The first kappa shape index (κ1) is 25.6. The first-order valence-electron chi connectivity index (χ1n) is 11.1. The number of methoxy groups -OCH3 is 1. The van der Waals surface area contributed by atoms with E-state index in [9.17, 15) is 14.9 Å². The van der Waals surface area contributed by atoms with Gasteiger partial charge in [-0.1, -0.05) is 39.8 Å². The van der Waals surface area contributed by atoms with Gasteiger partial charge in [-0.15, -0.1) is 11.3 Å². The smallest absolute Gasteiger partial charge is 0.301 e. The molecule has 8 nitrogen and oxygen atoms in total. The van der Waals surface area contributed by atoms with Gasteiger partial charge in [0.15, 0.2) is 5.03 Å². The number of benzene rings is 1. The highest BCUT2D eigenvalue weighted by atomic mass is 79.9. The first-order chi connectivity index (χ1) is 16.8. The van der Waals surface area contributed by atoms with Gasteiger partial charge in [0.1, 0.15) is 0 Å². The molecule has 1 saturated heterocycles. The molecule has 35 heavy (non-hydrogen) atoms. The number of ether oxygens (including phenoxy) is 1. The van der Waals surface area contributed by atoms with Crippen LogP contribution in [0.4, 0.5) is 5.69 Å². The summed E-state index contributed by atoms with van der Waals surface area (Å²) in [7, 11) is 1.45. The summed E-state index contributed by atoms with van der Waals surface area (Å²) in [6, 6.07) is 11.0. The molecule has 0 bridgehead atoms. The lowest BCUT2D eigenvalue weighted by Gasteiger charge is -2.32. The van der Waals surface area contributed by atoms with Crippen LogP contribution in [0.2, 0.25) is 0 Å². The highest BCUT2D eigenvalue weighted by Gasteiger charge is 2.30. The molecule has 1 atom stereocenters. The van der Waals surface area contributed by atoms with Crippen molar-refractivity contribution in [3.8, 4) is 17.1 Å². The number of piperidine rings is 1. The molecule has 1 aromatic carbocycles. The predicted molar refractivity (Wildman–Crippen MR) is 141 cm³/mol. The summed E-state index contributed by atoms with van der Waals surface area (Å²) in [4.78, 5) is 36.2. The third-order valence-corrected chi connectivity index (χ3v) is 8.68. The van der Waals surface area contributed by atoms with Gasteiger partial charge in [-0.05, 0) is 38.8 Å². The molecule has 1 unspecified atom stereocenters. The zero-order valence-corrected chi connectivity index (χ0v) is 22.8. The molecule has 0 saturated carbocycles. The average Bonchev–Trinajstić information content (AvgIpc) is 3.25. The van der Waals surface area contributed by atoms with Crippen LogP contribution in [0.15, 0.2) is 45.9 Å². The van der Waals surface area contributed by atoms with Crippen LogP contribution >= 0.6 is 39.0 Å². The summed E-state index contributed by atoms with van der Waals surface area (Å²) >= 11 is 6.30. The molecular weight excluding hydrogens is 552 g/mol. The second kappa shape index (κ2) is 11.0. The summed E-state index contributed by atoms with van der Waals surface area (Å²) in [6.07, 6.45) is 1.68. The van der Waals surface area contributed by atoms with Crippen molar-refractivity contribution in [1.82, 2.24) is 14.9 Å². The fourth-order valence-electron chi connectivity index (χ4n) is 4.04. The van der Waals surface area contributed by atoms with Gasteiger partial charge in [-0.2, -0.15) is 4.98 Å². The molecule has 3 heterocycles. The largest absolute Gasteiger partial charge is 0.481 e. The number of hydrogen-bond donors (Lipinski definition) is 0. The van der Waals surface area contributed by atoms with Crippen LogP contribution in [0, 0.1) is 17.0 Å². The standard InChI is InChI=1S/C24H25BrN4O4S2/c1-14-21(16-4-6-18(25)7-5-16)27-22(34-14)17-10-12-28(13-11-17)24(30)15(2)35-23-19(29(31)32)8-9-20(26-23)33-3/h4-9,15,17H,10-13H2,1-3H3. The van der Waals surface area contributed by atoms with Crippen LogP contribution in [0.1, 0.15) is 35.6 Å². The molecule has 1 amide bonds. The number of halogens is 1. The molecule has 0 spiro atoms. The van der Waals surface area contributed by atoms with E-state index in [-0.39, 0.29) is 22.5 Å². The molecule has 4 rings (SSSR count). The summed E-state index contributed by atoms with van der Waals surface area (Å²) in [5.74, 6) is 0.550. The maximum absolute atomic E-state index is 13.1. The Bertz CT molecular complexity index is 1230. The van der Waals surface area contributed by atoms with Crippen LogP contribution < -0.4 is 4.74 Å². The lowest BCUT2D eigenvalue weighted by atomic mass is 9.97. The van der Waals surface area contributed by atoms with Crippen molar-refractivity contribution in [2.75, 3.05) is 20.2 Å². The zero-order chi connectivity index (χ0) is 25.1. The van der Waals surface area contributed by atoms with Gasteiger partial charge in [0.05, 0.1) is 28.0 Å². The molecule has 2 aromatic heterocycles. The first-order valence-corrected chi connectivity index (χ1v) is 13.6. The number of thioether (sulfide) groups is 1. The van der Waals surface area contributed by atoms with Crippen molar-refractivity contribution in [2.45, 2.75) is 42.9 Å². The minimum Gasteiger partial charge on any atom is -0.481 e. The molecule has 1 aliphatic rings. The van der Waals surface area contributed by atoms with Crippen molar-refractivity contribution >= 4 is 50.6 Å². The van der Waals surface area contributed by atoms with Gasteiger partial charge in [0.25, 0.3) is 0 Å². The fourth-order valence-corrected chi connectivity index (χ4v) is 6.41. The molecular formula is C24H25BrN4O4S2. The SMILES string of the molecule is COc1ccc([N+](=O)[O-])c(SC(C)C(=O)N2CCC(c3nc(-c4ccc(Br)cc4)c(C)s3)CC2)n1. The van der Waals surface area contributed by atoms with Crippen LogP contribution in [0.3, 0.4) is 0 Å². The number of nitrogens with zero attached hydrogens (tertiary/aromatic N) is 4. The minimum atomic E-state index is -0.504. The lowest BCUT2D eigenvalue weighted by Crippen LogP contribution is -2.41. The Morgan fingerprint density at radius 1 is 1.23 bits per heavy atom. The number of carbonyl (C=O) groups excluding carboxylic acids is 1. The molecule has 3 aromatic rings. The Hall–Kier alpha value is -2.50. The lowest BCUT2D eigenvalue weighted by molar-refractivity contribution is -0.388. The minimum absolute atomic E-state index is 0.0433. The molecule has 1 fully saturated rings. The van der Waals surface area contributed by atoms with E-state index < -0.39 is 10.2 Å². The van der Waals surface area contributed by atoms with E-state index in [1.165, 1.54) is 24.1 Å². The predicted octanol–water partition coefficient (Wildman–Crippen LogP) is 6.08. The van der Waals surface area contributed by atoms with Crippen LogP contribution in [0.5, 0.6) is 5.88 Å². The van der Waals surface area contributed by atoms with E-state index in [1.54, 1.807) is 18.3 Å². The molecule has 0 N–H and O–H groups in total. The maximum Gasteiger partial charge on any atom is 0.301 e. The number of thiazole rings is 1. The Morgan fingerprint density at radius 3 is 2.54 bits per heavy atom.